The van der Waals surface area contributed by atoms with E-state index in [1.165, 1.54) is 11.9 Å². The van der Waals surface area contributed by atoms with E-state index in [-0.39, 0.29) is 5.91 Å². The Kier molecular flexibility index (Phi) is 6.65. The van der Waals surface area contributed by atoms with Crippen molar-refractivity contribution in [1.29, 1.82) is 0 Å². The molecule has 9 heteroatoms. The maximum atomic E-state index is 12.8. The summed E-state index contributed by atoms with van der Waals surface area (Å²) in [6, 6.07) is 15.3. The first-order valence-electron chi connectivity index (χ1n) is 11.8. The van der Waals surface area contributed by atoms with Crippen molar-refractivity contribution in [2.45, 2.75) is 39.4 Å². The topological polar surface area (TPSA) is 107 Å². The van der Waals surface area contributed by atoms with Gasteiger partial charge in [-0.25, -0.2) is 9.97 Å². The van der Waals surface area contributed by atoms with Gasteiger partial charge in [-0.3, -0.25) is 4.79 Å². The second-order valence-electron chi connectivity index (χ2n) is 8.31. The standard InChI is InChI=1S/C26H27N7O2/c1-2-12-33-23(31-32-25(33)22-9-11-27-17-30-22)16-28-21-8-4-6-19(14-21)26(34)29-15-20-7-3-5-18-10-13-35-24(18)20/h3-9,11,14,17,28H,2,10,12-13,15-16H2,1H3,(H,29,34). The Hall–Kier alpha value is -4.27. The van der Waals surface area contributed by atoms with E-state index in [2.05, 4.69) is 48.4 Å². The molecule has 0 atom stereocenters. The van der Waals surface area contributed by atoms with Crippen molar-refractivity contribution in [3.8, 4) is 17.3 Å². The van der Waals surface area contributed by atoms with E-state index in [4.69, 9.17) is 4.74 Å². The Labute approximate surface area is 203 Å². The molecule has 3 heterocycles. The summed E-state index contributed by atoms with van der Waals surface area (Å²) in [6.45, 7) is 4.47. The first-order chi connectivity index (χ1) is 17.2. The number of carbonyl (C=O) groups excluding carboxylic acids is 1. The number of nitrogens with zero attached hydrogens (tertiary/aromatic N) is 5. The van der Waals surface area contributed by atoms with Crippen LogP contribution in [0.2, 0.25) is 0 Å². The fourth-order valence-corrected chi connectivity index (χ4v) is 4.19. The van der Waals surface area contributed by atoms with Gasteiger partial charge in [0.25, 0.3) is 5.91 Å². The number of hydrogen-bond donors (Lipinski definition) is 2. The highest BCUT2D eigenvalue weighted by Gasteiger charge is 2.17. The predicted octanol–water partition coefficient (Wildman–Crippen LogP) is 3.62. The van der Waals surface area contributed by atoms with Gasteiger partial charge in [-0.15, -0.1) is 10.2 Å². The lowest BCUT2D eigenvalue weighted by Gasteiger charge is -2.12. The molecule has 2 aromatic heterocycles. The number of para-hydroxylation sites is 1. The molecule has 4 aromatic rings. The number of benzene rings is 2. The third kappa shape index (κ3) is 4.98. The van der Waals surface area contributed by atoms with Crippen molar-refractivity contribution >= 4 is 11.6 Å². The van der Waals surface area contributed by atoms with Gasteiger partial charge in [-0.1, -0.05) is 31.2 Å². The third-order valence-corrected chi connectivity index (χ3v) is 5.90. The van der Waals surface area contributed by atoms with Crippen molar-refractivity contribution in [3.05, 3.63) is 83.6 Å². The zero-order valence-electron chi connectivity index (χ0n) is 19.6. The van der Waals surface area contributed by atoms with Crippen molar-refractivity contribution in [2.75, 3.05) is 11.9 Å². The van der Waals surface area contributed by atoms with Crippen LogP contribution in [-0.2, 0) is 26.1 Å². The van der Waals surface area contributed by atoms with E-state index in [0.29, 0.717) is 25.3 Å². The monoisotopic (exact) mass is 469 g/mol. The largest absolute Gasteiger partial charge is 0.493 e. The Morgan fingerprint density at radius 3 is 2.89 bits per heavy atom. The molecule has 0 saturated heterocycles. The molecule has 1 amide bonds. The van der Waals surface area contributed by atoms with E-state index in [1.54, 1.807) is 12.3 Å². The van der Waals surface area contributed by atoms with Gasteiger partial charge in [0.05, 0.1) is 13.2 Å². The Morgan fingerprint density at radius 1 is 1.11 bits per heavy atom. The maximum absolute atomic E-state index is 12.8. The van der Waals surface area contributed by atoms with Crippen LogP contribution in [0.25, 0.3) is 11.5 Å². The quantitative estimate of drug-likeness (QED) is 0.386. The van der Waals surface area contributed by atoms with Crippen LogP contribution in [0.4, 0.5) is 5.69 Å². The molecule has 2 N–H and O–H groups in total. The minimum absolute atomic E-state index is 0.135. The second-order valence-corrected chi connectivity index (χ2v) is 8.31. The number of carbonyl (C=O) groups is 1. The van der Waals surface area contributed by atoms with Crippen LogP contribution in [0.5, 0.6) is 5.75 Å². The Bertz CT molecular complexity index is 1320. The average molecular weight is 470 g/mol. The molecule has 1 aliphatic heterocycles. The lowest BCUT2D eigenvalue weighted by molar-refractivity contribution is 0.0950. The first kappa shape index (κ1) is 22.5. The fraction of sp³-hybridized carbons (Fsp3) is 0.269. The van der Waals surface area contributed by atoms with Crippen molar-refractivity contribution in [1.82, 2.24) is 30.0 Å². The molecule has 1 aliphatic rings. The molecule has 0 bridgehead atoms. The van der Waals surface area contributed by atoms with Crippen molar-refractivity contribution < 1.29 is 9.53 Å². The van der Waals surface area contributed by atoms with Crippen LogP contribution < -0.4 is 15.4 Å². The molecule has 0 aliphatic carbocycles. The smallest absolute Gasteiger partial charge is 0.251 e. The summed E-state index contributed by atoms with van der Waals surface area (Å²) in [4.78, 5) is 21.1. The van der Waals surface area contributed by atoms with Gasteiger partial charge in [0.2, 0.25) is 0 Å². The van der Waals surface area contributed by atoms with Crippen LogP contribution in [0.3, 0.4) is 0 Å². The lowest BCUT2D eigenvalue weighted by atomic mass is 10.1. The van der Waals surface area contributed by atoms with Crippen LogP contribution >= 0.6 is 0 Å². The molecular weight excluding hydrogens is 442 g/mol. The SMILES string of the molecule is CCCn1c(CNc2cccc(C(=O)NCc3cccc4c3OCC4)c2)nnc1-c1ccncn1. The summed E-state index contributed by atoms with van der Waals surface area (Å²) >= 11 is 0. The molecule has 2 aromatic carbocycles. The summed E-state index contributed by atoms with van der Waals surface area (Å²) in [5.74, 6) is 2.29. The summed E-state index contributed by atoms with van der Waals surface area (Å²) in [6.07, 6.45) is 5.05. The molecule has 35 heavy (non-hydrogen) atoms. The highest BCUT2D eigenvalue weighted by Crippen LogP contribution is 2.29. The zero-order chi connectivity index (χ0) is 24.0. The van der Waals surface area contributed by atoms with Gasteiger partial charge in [-0.05, 0) is 36.2 Å². The highest BCUT2D eigenvalue weighted by molar-refractivity contribution is 5.95. The normalized spacial score (nSPS) is 12.1. The lowest BCUT2D eigenvalue weighted by Crippen LogP contribution is -2.23. The van der Waals surface area contributed by atoms with Gasteiger partial charge in [0.1, 0.15) is 17.8 Å². The molecule has 0 radical (unpaired) electrons. The van der Waals surface area contributed by atoms with Crippen LogP contribution in [0.15, 0.2) is 61.1 Å². The molecule has 5 rings (SSSR count). The van der Waals surface area contributed by atoms with E-state index < -0.39 is 0 Å². The minimum atomic E-state index is -0.135. The van der Waals surface area contributed by atoms with Gasteiger partial charge < -0.3 is 19.9 Å². The van der Waals surface area contributed by atoms with Gasteiger partial charge in [0, 0.05) is 42.5 Å². The van der Waals surface area contributed by atoms with E-state index in [1.807, 2.05) is 36.4 Å². The molecule has 178 valence electrons. The van der Waals surface area contributed by atoms with Crippen molar-refractivity contribution in [2.24, 2.45) is 0 Å². The second kappa shape index (κ2) is 10.3. The van der Waals surface area contributed by atoms with Gasteiger partial charge in [-0.2, -0.15) is 0 Å². The van der Waals surface area contributed by atoms with Crippen LogP contribution in [-0.4, -0.2) is 37.2 Å². The number of aromatic nitrogens is 5. The molecule has 0 fully saturated rings. The Morgan fingerprint density at radius 2 is 2.03 bits per heavy atom. The highest BCUT2D eigenvalue weighted by atomic mass is 16.5. The summed E-state index contributed by atoms with van der Waals surface area (Å²) < 4.78 is 7.80. The molecule has 0 unspecified atom stereocenters. The molecular formula is C26H27N7O2. The Balaban J connectivity index is 1.25. The number of ether oxygens (including phenoxy) is 1. The number of nitrogens with one attached hydrogen (secondary N) is 2. The predicted molar refractivity (Wildman–Crippen MR) is 132 cm³/mol. The van der Waals surface area contributed by atoms with Gasteiger partial charge >= 0.3 is 0 Å². The number of fused-ring (bicyclic) bond motifs is 1. The minimum Gasteiger partial charge on any atom is -0.493 e. The number of amides is 1. The van der Waals surface area contributed by atoms with E-state index >= 15 is 0 Å². The average Bonchev–Trinajstić information content (AvgIpc) is 3.54. The van der Waals surface area contributed by atoms with Crippen LogP contribution in [0, 0.1) is 0 Å². The first-order valence-corrected chi connectivity index (χ1v) is 11.8. The van der Waals surface area contributed by atoms with Crippen LogP contribution in [0.1, 0.15) is 40.7 Å². The summed E-state index contributed by atoms with van der Waals surface area (Å²) in [5, 5.41) is 15.1. The van der Waals surface area contributed by atoms with E-state index in [0.717, 1.165) is 53.7 Å². The van der Waals surface area contributed by atoms with Crippen molar-refractivity contribution in [3.63, 3.8) is 0 Å². The molecule has 0 saturated carbocycles. The fourth-order valence-electron chi connectivity index (χ4n) is 4.19. The van der Waals surface area contributed by atoms with Gasteiger partial charge in [0.15, 0.2) is 11.6 Å². The summed E-state index contributed by atoms with van der Waals surface area (Å²) in [7, 11) is 0. The number of rotatable bonds is 9. The summed E-state index contributed by atoms with van der Waals surface area (Å²) in [5.41, 5.74) is 4.34. The van der Waals surface area contributed by atoms with E-state index in [9.17, 15) is 4.79 Å². The zero-order valence-corrected chi connectivity index (χ0v) is 19.6. The molecule has 0 spiro atoms. The number of anilines is 1. The maximum Gasteiger partial charge on any atom is 0.251 e. The third-order valence-electron chi connectivity index (χ3n) is 5.90. The number of hydrogen-bond acceptors (Lipinski definition) is 7. The molecule has 9 nitrogen and oxygen atoms in total.